The summed E-state index contributed by atoms with van der Waals surface area (Å²) >= 11 is 0. The first-order valence-corrected chi connectivity index (χ1v) is 13.8. The number of hydrogen-bond acceptors (Lipinski definition) is 5. The zero-order valence-electron chi connectivity index (χ0n) is 18.7. The van der Waals surface area contributed by atoms with Crippen molar-refractivity contribution in [3.63, 3.8) is 0 Å². The third-order valence-corrected chi connectivity index (χ3v) is 9.27. The lowest BCUT2D eigenvalue weighted by Crippen LogP contribution is -2.38. The quantitative estimate of drug-likeness (QED) is 0.493. The normalized spacial score (nSPS) is 14.5. The molecule has 184 valence electrons. The summed E-state index contributed by atoms with van der Waals surface area (Å²) in [5.41, 5.74) is 0.0134. The number of sulfonamides is 2. The van der Waals surface area contributed by atoms with E-state index in [1.165, 1.54) is 71.0 Å². The van der Waals surface area contributed by atoms with E-state index in [9.17, 15) is 26.0 Å². The monoisotopic (exact) mass is 517 g/mol. The Kier molecular flexibility index (Phi) is 7.20. The minimum Gasteiger partial charge on any atom is -0.325 e. The Hall–Kier alpha value is -3.28. The Morgan fingerprint density at radius 3 is 2.06 bits per heavy atom. The van der Waals surface area contributed by atoms with E-state index in [4.69, 9.17) is 0 Å². The van der Waals surface area contributed by atoms with Crippen LogP contribution in [0.3, 0.4) is 0 Å². The molecule has 0 radical (unpaired) electrons. The zero-order valence-corrected chi connectivity index (χ0v) is 20.3. The second-order valence-electron chi connectivity index (χ2n) is 7.96. The first-order chi connectivity index (χ1) is 16.7. The van der Waals surface area contributed by atoms with E-state index in [2.05, 4.69) is 5.32 Å². The van der Waals surface area contributed by atoms with Crippen molar-refractivity contribution < 1.29 is 26.0 Å². The highest BCUT2D eigenvalue weighted by molar-refractivity contribution is 7.92. The molecule has 3 aromatic carbocycles. The maximum absolute atomic E-state index is 14.5. The van der Waals surface area contributed by atoms with Crippen molar-refractivity contribution >= 4 is 37.3 Å². The van der Waals surface area contributed by atoms with Crippen LogP contribution in [-0.4, -0.2) is 46.7 Å². The first kappa shape index (κ1) is 24.8. The van der Waals surface area contributed by atoms with E-state index in [1.807, 2.05) is 0 Å². The van der Waals surface area contributed by atoms with Crippen LogP contribution >= 0.6 is 0 Å². The van der Waals surface area contributed by atoms with Gasteiger partial charge in [0.25, 0.3) is 10.0 Å². The molecule has 3 aromatic rings. The van der Waals surface area contributed by atoms with E-state index in [0.717, 1.165) is 18.9 Å². The average Bonchev–Trinajstić information content (AvgIpc) is 3.40. The molecule has 0 aliphatic carbocycles. The van der Waals surface area contributed by atoms with Gasteiger partial charge in [-0.15, -0.1) is 0 Å². The second kappa shape index (κ2) is 10.1. The molecule has 0 spiro atoms. The summed E-state index contributed by atoms with van der Waals surface area (Å²) in [6.07, 6.45) is 1.63. The Bertz CT molecular complexity index is 1410. The molecule has 0 aromatic heterocycles. The van der Waals surface area contributed by atoms with E-state index in [0.29, 0.717) is 17.4 Å². The number of nitrogens with one attached hydrogen (secondary N) is 1. The number of carbonyl (C=O) groups excluding carboxylic acids is 1. The molecule has 1 aliphatic heterocycles. The van der Waals surface area contributed by atoms with Gasteiger partial charge in [0.2, 0.25) is 15.9 Å². The molecule has 0 bridgehead atoms. The lowest BCUT2D eigenvalue weighted by molar-refractivity contribution is -0.114. The fourth-order valence-corrected chi connectivity index (χ4v) is 6.76. The summed E-state index contributed by atoms with van der Waals surface area (Å²) < 4.78 is 68.6. The van der Waals surface area contributed by atoms with Gasteiger partial charge in [-0.3, -0.25) is 9.10 Å². The van der Waals surface area contributed by atoms with Gasteiger partial charge < -0.3 is 5.32 Å². The number of halogens is 1. The van der Waals surface area contributed by atoms with Crippen LogP contribution in [0, 0.1) is 5.82 Å². The fourth-order valence-electron chi connectivity index (χ4n) is 3.79. The predicted octanol–water partition coefficient (Wildman–Crippen LogP) is 3.44. The molecule has 4 rings (SSSR count). The number of rotatable bonds is 8. The molecule has 8 nitrogen and oxygen atoms in total. The SMILES string of the molecule is O=C(CN(c1ccccc1F)S(=O)(=O)c1ccccc1)Nc1ccc(S(=O)(=O)N2CCCC2)cc1. The summed E-state index contributed by atoms with van der Waals surface area (Å²) in [5.74, 6) is -1.51. The minimum atomic E-state index is -4.25. The van der Waals surface area contributed by atoms with Gasteiger partial charge in [-0.1, -0.05) is 30.3 Å². The first-order valence-electron chi connectivity index (χ1n) is 10.9. The van der Waals surface area contributed by atoms with Crippen molar-refractivity contribution in [2.24, 2.45) is 0 Å². The van der Waals surface area contributed by atoms with Crippen LogP contribution in [0.5, 0.6) is 0 Å². The van der Waals surface area contributed by atoms with E-state index >= 15 is 0 Å². The maximum atomic E-state index is 14.5. The van der Waals surface area contributed by atoms with Crippen molar-refractivity contribution in [1.82, 2.24) is 4.31 Å². The van der Waals surface area contributed by atoms with Crippen molar-refractivity contribution in [1.29, 1.82) is 0 Å². The highest BCUT2D eigenvalue weighted by Gasteiger charge is 2.30. The van der Waals surface area contributed by atoms with Crippen molar-refractivity contribution in [3.05, 3.63) is 84.7 Å². The largest absolute Gasteiger partial charge is 0.325 e. The van der Waals surface area contributed by atoms with E-state index in [-0.39, 0.29) is 21.2 Å². The summed E-state index contributed by atoms with van der Waals surface area (Å²) in [7, 11) is -7.85. The molecule has 0 saturated carbocycles. The van der Waals surface area contributed by atoms with Gasteiger partial charge in [0.15, 0.2) is 0 Å². The Morgan fingerprint density at radius 1 is 0.829 bits per heavy atom. The average molecular weight is 518 g/mol. The summed E-state index contributed by atoms with van der Waals surface area (Å²) in [6, 6.07) is 18.4. The van der Waals surface area contributed by atoms with Gasteiger partial charge in [-0.25, -0.2) is 21.2 Å². The molecule has 0 atom stereocenters. The molecule has 1 N–H and O–H groups in total. The van der Waals surface area contributed by atoms with Crippen molar-refractivity contribution in [2.75, 3.05) is 29.3 Å². The maximum Gasteiger partial charge on any atom is 0.264 e. The molecule has 35 heavy (non-hydrogen) atoms. The molecule has 1 fully saturated rings. The van der Waals surface area contributed by atoms with Crippen molar-refractivity contribution in [3.8, 4) is 0 Å². The third-order valence-electron chi connectivity index (χ3n) is 5.58. The standard InChI is InChI=1S/C24H24FN3O5S2/c25-22-10-4-5-11-23(22)28(35(32,33)20-8-2-1-3-9-20)18-24(29)26-19-12-14-21(15-13-19)34(30,31)27-16-6-7-17-27/h1-5,8-15H,6-7,16-18H2,(H,26,29). The number of benzene rings is 3. The van der Waals surface area contributed by atoms with Crippen LogP contribution < -0.4 is 9.62 Å². The van der Waals surface area contributed by atoms with Gasteiger partial charge in [-0.05, 0) is 61.4 Å². The summed E-state index contributed by atoms with van der Waals surface area (Å²) in [4.78, 5) is 12.8. The van der Waals surface area contributed by atoms with Crippen LogP contribution in [0.15, 0.2) is 88.7 Å². The lowest BCUT2D eigenvalue weighted by Gasteiger charge is -2.24. The molecular formula is C24H24FN3O5S2. The van der Waals surface area contributed by atoms with Gasteiger partial charge in [0.05, 0.1) is 15.5 Å². The third kappa shape index (κ3) is 5.37. The molecule has 1 heterocycles. The van der Waals surface area contributed by atoms with E-state index in [1.54, 1.807) is 6.07 Å². The number of anilines is 2. The highest BCUT2D eigenvalue weighted by atomic mass is 32.2. The number of para-hydroxylation sites is 1. The molecule has 0 unspecified atom stereocenters. The van der Waals surface area contributed by atoms with Gasteiger partial charge in [0, 0.05) is 18.8 Å². The smallest absolute Gasteiger partial charge is 0.264 e. The summed E-state index contributed by atoms with van der Waals surface area (Å²) in [6.45, 7) is 0.261. The molecule has 1 saturated heterocycles. The van der Waals surface area contributed by atoms with Crippen LogP contribution in [-0.2, 0) is 24.8 Å². The van der Waals surface area contributed by atoms with Gasteiger partial charge >= 0.3 is 0 Å². The number of carbonyl (C=O) groups is 1. The molecular weight excluding hydrogens is 493 g/mol. The van der Waals surface area contributed by atoms with Gasteiger partial charge in [0.1, 0.15) is 12.4 Å². The van der Waals surface area contributed by atoms with Crippen LogP contribution in [0.1, 0.15) is 12.8 Å². The van der Waals surface area contributed by atoms with Crippen molar-refractivity contribution in [2.45, 2.75) is 22.6 Å². The highest BCUT2D eigenvalue weighted by Crippen LogP contribution is 2.27. The van der Waals surface area contributed by atoms with Crippen LogP contribution in [0.25, 0.3) is 0 Å². The molecule has 1 amide bonds. The Balaban J connectivity index is 1.55. The number of hydrogen-bond donors (Lipinski definition) is 1. The zero-order chi connectivity index (χ0) is 25.1. The topological polar surface area (TPSA) is 104 Å². The van der Waals surface area contributed by atoms with Crippen LogP contribution in [0.2, 0.25) is 0 Å². The molecule has 1 aliphatic rings. The summed E-state index contributed by atoms with van der Waals surface area (Å²) in [5, 5.41) is 2.56. The fraction of sp³-hybridized carbons (Fsp3) is 0.208. The number of nitrogens with zero attached hydrogens (tertiary/aromatic N) is 2. The molecule has 11 heteroatoms. The van der Waals surface area contributed by atoms with Gasteiger partial charge in [-0.2, -0.15) is 4.31 Å². The Labute approximate surface area is 204 Å². The predicted molar refractivity (Wildman–Crippen MR) is 130 cm³/mol. The second-order valence-corrected chi connectivity index (χ2v) is 11.8. The lowest BCUT2D eigenvalue weighted by atomic mass is 10.3. The van der Waals surface area contributed by atoms with E-state index < -0.39 is 38.3 Å². The minimum absolute atomic E-state index is 0.0903. The number of amides is 1. The van der Waals surface area contributed by atoms with Crippen LogP contribution in [0.4, 0.5) is 15.8 Å². The Morgan fingerprint density at radius 2 is 1.43 bits per heavy atom.